The van der Waals surface area contributed by atoms with Gasteiger partial charge in [-0.3, -0.25) is 0 Å². The van der Waals surface area contributed by atoms with E-state index in [1.807, 2.05) is 0 Å². The van der Waals surface area contributed by atoms with E-state index in [4.69, 9.17) is 0 Å². The molecule has 0 aromatic heterocycles. The summed E-state index contributed by atoms with van der Waals surface area (Å²) in [6.07, 6.45) is -4.38. The van der Waals surface area contributed by atoms with E-state index in [-0.39, 0.29) is 13.8 Å². The van der Waals surface area contributed by atoms with Gasteiger partial charge in [-0.1, -0.05) is 0 Å². The molecule has 1 rings (SSSR count). The van der Waals surface area contributed by atoms with E-state index in [1.54, 1.807) is 22.6 Å². The zero-order valence-electron chi connectivity index (χ0n) is 5.99. The summed E-state index contributed by atoms with van der Waals surface area (Å²) in [5.74, 6) is -0.173. The number of rotatable bonds is 0. The Hall–Kier alpha value is 0.0200. The molecule has 13 heavy (non-hydrogen) atoms. The van der Waals surface area contributed by atoms with Crippen molar-refractivity contribution in [1.82, 2.24) is 0 Å². The highest BCUT2D eigenvalue weighted by atomic mass is 127. The molecule has 1 aromatic rings. The van der Waals surface area contributed by atoms with E-state index in [0.717, 1.165) is 12.1 Å². The number of alkyl halides is 3. The first kappa shape index (κ1) is 11.1. The molecule has 6 heteroatoms. The molecule has 1 N–H and O–H groups in total. The highest BCUT2D eigenvalue weighted by molar-refractivity contribution is 14.1. The lowest BCUT2D eigenvalue weighted by Gasteiger charge is -2.08. The summed E-state index contributed by atoms with van der Waals surface area (Å²) in [5.41, 5.74) is -0.776. The van der Waals surface area contributed by atoms with Gasteiger partial charge >= 0.3 is 6.18 Å². The predicted octanol–water partition coefficient (Wildman–Crippen LogP) is 3.78. The van der Waals surface area contributed by atoms with Crippen LogP contribution in [0.1, 0.15) is 5.56 Å². The van der Waals surface area contributed by atoms with Gasteiger partial charge in [-0.15, -0.1) is 0 Å². The molecule has 1 aromatic carbocycles. The van der Waals surface area contributed by atoms with E-state index in [0.29, 0.717) is 0 Å². The van der Waals surface area contributed by atoms with Gasteiger partial charge in [0.05, 0.1) is 13.6 Å². The molecular weight excluding hydrogens is 364 g/mol. The minimum Gasteiger partial charge on any atom is -0.506 e. The van der Waals surface area contributed by atoms with Crippen molar-refractivity contribution >= 4 is 38.5 Å². The average molecular weight is 367 g/mol. The highest BCUT2D eigenvalue weighted by Crippen LogP contribution is 2.37. The van der Waals surface area contributed by atoms with Gasteiger partial charge in [0.1, 0.15) is 5.75 Å². The molecule has 0 atom stereocenters. The molecule has 0 heterocycles. The fraction of sp³-hybridized carbons (Fsp3) is 0.143. The summed E-state index contributed by atoms with van der Waals surface area (Å²) in [6, 6.07) is 1.73. The third-order valence-corrected chi connectivity index (χ3v) is 2.77. The first-order chi connectivity index (χ1) is 5.82. The largest absolute Gasteiger partial charge is 0.506 e. The number of phenols is 1. The van der Waals surface area contributed by atoms with Gasteiger partial charge in [0.25, 0.3) is 0 Å². The van der Waals surface area contributed by atoms with Crippen LogP contribution >= 0.6 is 38.5 Å². The first-order valence-electron chi connectivity index (χ1n) is 3.07. The van der Waals surface area contributed by atoms with Crippen LogP contribution in [0.25, 0.3) is 0 Å². The van der Waals surface area contributed by atoms with Gasteiger partial charge in [-0.25, -0.2) is 0 Å². The summed E-state index contributed by atoms with van der Waals surface area (Å²) >= 11 is 4.47. The fourth-order valence-electron chi connectivity index (χ4n) is 0.729. The van der Waals surface area contributed by atoms with Crippen molar-refractivity contribution in [1.29, 1.82) is 0 Å². The number of hydrogen-bond donors (Lipinski definition) is 1. The molecule has 0 saturated carbocycles. The van der Waals surface area contributed by atoms with E-state index in [2.05, 4.69) is 15.9 Å². The third-order valence-electron chi connectivity index (χ3n) is 1.34. The molecule has 0 fully saturated rings. The summed E-state index contributed by atoms with van der Waals surface area (Å²) in [7, 11) is 0. The average Bonchev–Trinajstić information content (AvgIpc) is 1.97. The predicted molar refractivity (Wildman–Crippen MR) is 53.5 cm³/mol. The van der Waals surface area contributed by atoms with E-state index in [1.165, 1.54) is 0 Å². The van der Waals surface area contributed by atoms with Gasteiger partial charge < -0.3 is 5.11 Å². The molecular formula is C7H3BrF3IO. The number of halogens is 5. The van der Waals surface area contributed by atoms with Crippen molar-refractivity contribution in [2.75, 3.05) is 0 Å². The van der Waals surface area contributed by atoms with Crippen molar-refractivity contribution in [3.05, 3.63) is 25.7 Å². The van der Waals surface area contributed by atoms with Crippen LogP contribution in [0.4, 0.5) is 13.2 Å². The maximum Gasteiger partial charge on any atom is 0.416 e. The van der Waals surface area contributed by atoms with E-state index >= 15 is 0 Å². The van der Waals surface area contributed by atoms with E-state index < -0.39 is 11.7 Å². The lowest BCUT2D eigenvalue weighted by Crippen LogP contribution is -2.05. The monoisotopic (exact) mass is 366 g/mol. The second-order valence-corrected chi connectivity index (χ2v) is 4.30. The van der Waals surface area contributed by atoms with Gasteiger partial charge in [-0.2, -0.15) is 13.2 Å². The summed E-state index contributed by atoms with van der Waals surface area (Å²) in [5, 5.41) is 9.17. The van der Waals surface area contributed by atoms with Crippen LogP contribution in [-0.4, -0.2) is 5.11 Å². The maximum atomic E-state index is 12.2. The summed E-state index contributed by atoms with van der Waals surface area (Å²) < 4.78 is 36.7. The van der Waals surface area contributed by atoms with Crippen LogP contribution < -0.4 is 0 Å². The first-order valence-corrected chi connectivity index (χ1v) is 4.94. The molecule has 0 amide bonds. The smallest absolute Gasteiger partial charge is 0.416 e. The molecule has 0 radical (unpaired) electrons. The molecule has 0 saturated heterocycles. The topological polar surface area (TPSA) is 20.2 Å². The van der Waals surface area contributed by atoms with Crippen molar-refractivity contribution < 1.29 is 18.3 Å². The van der Waals surface area contributed by atoms with Crippen LogP contribution in [0.5, 0.6) is 5.75 Å². The highest BCUT2D eigenvalue weighted by Gasteiger charge is 2.31. The number of benzene rings is 1. The van der Waals surface area contributed by atoms with Gasteiger partial charge in [0.2, 0.25) is 0 Å². The van der Waals surface area contributed by atoms with Gasteiger partial charge in [0, 0.05) is 0 Å². The summed E-state index contributed by atoms with van der Waals surface area (Å²) in [6.45, 7) is 0. The van der Waals surface area contributed by atoms with E-state index in [9.17, 15) is 18.3 Å². The van der Waals surface area contributed by atoms with Gasteiger partial charge in [-0.05, 0) is 50.7 Å². The Balaban J connectivity index is 3.29. The SMILES string of the molecule is Oc1c(Br)cc(C(F)(F)F)cc1I. The van der Waals surface area contributed by atoms with Crippen molar-refractivity contribution in [3.63, 3.8) is 0 Å². The Morgan fingerprint density at radius 1 is 1.31 bits per heavy atom. The molecule has 0 unspecified atom stereocenters. The Labute approximate surface area is 94.2 Å². The van der Waals surface area contributed by atoms with Crippen LogP contribution in [0.2, 0.25) is 0 Å². The molecule has 0 aliphatic carbocycles. The van der Waals surface area contributed by atoms with Crippen LogP contribution in [0, 0.1) is 3.57 Å². The molecule has 0 bridgehead atoms. The number of phenolic OH excluding ortho intramolecular Hbond substituents is 1. The Bertz CT molecular complexity index is 314. The standard InChI is InChI=1S/C7H3BrF3IO/c8-4-1-3(7(9,10)11)2-5(12)6(4)13/h1-2,13H. The molecule has 0 aliphatic heterocycles. The van der Waals surface area contributed by atoms with Crippen LogP contribution in [0.3, 0.4) is 0 Å². The Kier molecular flexibility index (Phi) is 3.11. The Morgan fingerprint density at radius 3 is 2.23 bits per heavy atom. The van der Waals surface area contributed by atoms with Crippen molar-refractivity contribution in [3.8, 4) is 5.75 Å². The molecule has 0 aliphatic rings. The minimum absolute atomic E-state index is 0.0479. The minimum atomic E-state index is -4.38. The lowest BCUT2D eigenvalue weighted by atomic mass is 10.2. The lowest BCUT2D eigenvalue weighted by molar-refractivity contribution is -0.137. The molecule has 0 spiro atoms. The third kappa shape index (κ3) is 2.49. The van der Waals surface area contributed by atoms with Crippen molar-refractivity contribution in [2.45, 2.75) is 6.18 Å². The maximum absolute atomic E-state index is 12.2. The zero-order chi connectivity index (χ0) is 10.2. The van der Waals surface area contributed by atoms with Crippen LogP contribution in [0.15, 0.2) is 16.6 Å². The summed E-state index contributed by atoms with van der Waals surface area (Å²) in [4.78, 5) is 0. The van der Waals surface area contributed by atoms with Crippen LogP contribution in [-0.2, 0) is 6.18 Å². The quantitative estimate of drug-likeness (QED) is 0.693. The number of hydrogen-bond acceptors (Lipinski definition) is 1. The van der Waals surface area contributed by atoms with Crippen molar-refractivity contribution in [2.24, 2.45) is 0 Å². The fourth-order valence-corrected chi connectivity index (χ4v) is 2.19. The zero-order valence-corrected chi connectivity index (χ0v) is 9.74. The second kappa shape index (κ2) is 3.64. The molecule has 1 nitrogen and oxygen atoms in total. The normalized spacial score (nSPS) is 11.8. The Morgan fingerprint density at radius 2 is 1.85 bits per heavy atom. The molecule has 72 valence electrons. The van der Waals surface area contributed by atoms with Gasteiger partial charge in [0.15, 0.2) is 0 Å². The number of aromatic hydroxyl groups is 1. The second-order valence-electron chi connectivity index (χ2n) is 2.29.